The third-order valence-corrected chi connectivity index (χ3v) is 1.01. The average molecular weight is 164 g/mol. The SMILES string of the molecule is COC(COCC(=O)O)OC. The van der Waals surface area contributed by atoms with E-state index in [9.17, 15) is 4.79 Å². The predicted molar refractivity (Wildman–Crippen MR) is 36.3 cm³/mol. The third-order valence-electron chi connectivity index (χ3n) is 1.01. The van der Waals surface area contributed by atoms with Crippen molar-refractivity contribution < 1.29 is 24.1 Å². The van der Waals surface area contributed by atoms with E-state index in [0.717, 1.165) is 0 Å². The Bertz CT molecular complexity index is 110. The van der Waals surface area contributed by atoms with Crippen LogP contribution in [0.15, 0.2) is 0 Å². The van der Waals surface area contributed by atoms with Crippen molar-refractivity contribution in [1.82, 2.24) is 0 Å². The minimum atomic E-state index is -1.00. The Balaban J connectivity index is 3.28. The van der Waals surface area contributed by atoms with Gasteiger partial charge in [-0.1, -0.05) is 0 Å². The van der Waals surface area contributed by atoms with Gasteiger partial charge in [-0.05, 0) is 0 Å². The normalized spacial score (nSPS) is 10.5. The van der Waals surface area contributed by atoms with E-state index in [0.29, 0.717) is 0 Å². The highest BCUT2D eigenvalue weighted by Crippen LogP contribution is 1.90. The van der Waals surface area contributed by atoms with Gasteiger partial charge in [0.05, 0.1) is 6.61 Å². The number of carboxylic acid groups (broad SMARTS) is 1. The van der Waals surface area contributed by atoms with Crippen molar-refractivity contribution in [1.29, 1.82) is 0 Å². The second-order valence-electron chi connectivity index (χ2n) is 1.81. The van der Waals surface area contributed by atoms with Gasteiger partial charge in [-0.15, -0.1) is 0 Å². The minimum Gasteiger partial charge on any atom is -0.480 e. The van der Waals surface area contributed by atoms with Gasteiger partial charge in [-0.2, -0.15) is 0 Å². The summed E-state index contributed by atoms with van der Waals surface area (Å²) in [6.45, 7) is -0.206. The van der Waals surface area contributed by atoms with Crippen LogP contribution in [0.3, 0.4) is 0 Å². The van der Waals surface area contributed by atoms with Crippen LogP contribution in [-0.4, -0.2) is 44.8 Å². The zero-order valence-electron chi connectivity index (χ0n) is 6.57. The molecule has 66 valence electrons. The monoisotopic (exact) mass is 164 g/mol. The van der Waals surface area contributed by atoms with E-state index >= 15 is 0 Å². The molecule has 0 fully saturated rings. The average Bonchev–Trinajstić information content (AvgIpc) is 1.98. The molecule has 0 unspecified atom stereocenters. The molecule has 0 aromatic carbocycles. The number of methoxy groups -OCH3 is 2. The maximum Gasteiger partial charge on any atom is 0.329 e. The maximum atomic E-state index is 9.95. The van der Waals surface area contributed by atoms with E-state index in [-0.39, 0.29) is 13.2 Å². The molecule has 0 saturated carbocycles. The summed E-state index contributed by atoms with van der Waals surface area (Å²) < 4.78 is 14.2. The molecule has 0 aliphatic carbocycles. The third kappa shape index (κ3) is 5.78. The first-order valence-electron chi connectivity index (χ1n) is 3.05. The minimum absolute atomic E-state index is 0.124. The van der Waals surface area contributed by atoms with Crippen LogP contribution in [0.2, 0.25) is 0 Å². The van der Waals surface area contributed by atoms with Gasteiger partial charge in [0.1, 0.15) is 6.61 Å². The van der Waals surface area contributed by atoms with E-state index in [4.69, 9.17) is 14.6 Å². The summed E-state index contributed by atoms with van der Waals surface area (Å²) in [7, 11) is 2.91. The van der Waals surface area contributed by atoms with E-state index < -0.39 is 12.3 Å². The number of hydrogen-bond acceptors (Lipinski definition) is 4. The first-order chi connectivity index (χ1) is 5.20. The number of ether oxygens (including phenoxy) is 3. The standard InChI is InChI=1S/C6H12O5/c1-9-6(10-2)4-11-3-5(7)8/h6H,3-4H2,1-2H3,(H,7,8). The lowest BCUT2D eigenvalue weighted by atomic mass is 10.6. The molecule has 0 heterocycles. The molecule has 0 rings (SSSR count). The van der Waals surface area contributed by atoms with Crippen LogP contribution >= 0.6 is 0 Å². The van der Waals surface area contributed by atoms with Crippen molar-refractivity contribution in [3.63, 3.8) is 0 Å². The van der Waals surface area contributed by atoms with Crippen molar-refractivity contribution in [3.05, 3.63) is 0 Å². The van der Waals surface area contributed by atoms with Crippen molar-refractivity contribution in [2.24, 2.45) is 0 Å². The van der Waals surface area contributed by atoms with E-state index in [1.54, 1.807) is 0 Å². The highest BCUT2D eigenvalue weighted by Gasteiger charge is 2.05. The molecule has 0 saturated heterocycles. The van der Waals surface area contributed by atoms with Crippen LogP contribution in [-0.2, 0) is 19.0 Å². The lowest BCUT2D eigenvalue weighted by molar-refractivity contribution is -0.157. The second kappa shape index (κ2) is 6.09. The molecule has 0 atom stereocenters. The van der Waals surface area contributed by atoms with Gasteiger partial charge in [-0.3, -0.25) is 0 Å². The van der Waals surface area contributed by atoms with Crippen molar-refractivity contribution in [2.45, 2.75) is 6.29 Å². The zero-order valence-corrected chi connectivity index (χ0v) is 6.57. The lowest BCUT2D eigenvalue weighted by Gasteiger charge is -2.11. The molecule has 1 N–H and O–H groups in total. The fourth-order valence-electron chi connectivity index (χ4n) is 0.475. The summed E-state index contributed by atoms with van der Waals surface area (Å²) in [5, 5.41) is 8.17. The van der Waals surface area contributed by atoms with Crippen LogP contribution in [0.4, 0.5) is 0 Å². The molecule has 5 nitrogen and oxygen atoms in total. The van der Waals surface area contributed by atoms with Gasteiger partial charge in [0.15, 0.2) is 6.29 Å². The van der Waals surface area contributed by atoms with Crippen molar-refractivity contribution in [2.75, 3.05) is 27.4 Å². The quantitative estimate of drug-likeness (QED) is 0.546. The Morgan fingerprint density at radius 1 is 1.45 bits per heavy atom. The Hall–Kier alpha value is -0.650. The smallest absolute Gasteiger partial charge is 0.329 e. The van der Waals surface area contributed by atoms with Gasteiger partial charge in [-0.25, -0.2) is 4.79 Å². The fourth-order valence-corrected chi connectivity index (χ4v) is 0.475. The molecule has 0 spiro atoms. The molecule has 0 aromatic heterocycles. The predicted octanol–water partition coefficient (Wildman–Crippen LogP) is -0.294. The van der Waals surface area contributed by atoms with Gasteiger partial charge >= 0.3 is 5.97 Å². The molecule has 11 heavy (non-hydrogen) atoms. The van der Waals surface area contributed by atoms with Gasteiger partial charge in [0.25, 0.3) is 0 Å². The molecule has 5 heteroatoms. The van der Waals surface area contributed by atoms with Crippen molar-refractivity contribution >= 4 is 5.97 Å². The topological polar surface area (TPSA) is 65.0 Å². The molecule has 0 amide bonds. The summed E-state index contributed by atoms with van der Waals surface area (Å²) in [6.07, 6.45) is -0.491. The fraction of sp³-hybridized carbons (Fsp3) is 0.833. The Morgan fingerprint density at radius 2 is 2.00 bits per heavy atom. The second-order valence-corrected chi connectivity index (χ2v) is 1.81. The highest BCUT2D eigenvalue weighted by atomic mass is 16.7. The molecule has 0 aromatic rings. The summed E-state index contributed by atoms with van der Waals surface area (Å²) in [6, 6.07) is 0. The van der Waals surface area contributed by atoms with E-state index in [2.05, 4.69) is 4.74 Å². The number of aliphatic carboxylic acids is 1. The summed E-state index contributed by atoms with van der Waals surface area (Å²) in [5.74, 6) is -1.00. The maximum absolute atomic E-state index is 9.95. The summed E-state index contributed by atoms with van der Waals surface area (Å²) in [4.78, 5) is 9.95. The molecule has 0 radical (unpaired) electrons. The molecule has 0 aliphatic heterocycles. The molecule has 0 bridgehead atoms. The van der Waals surface area contributed by atoms with Crippen molar-refractivity contribution in [3.8, 4) is 0 Å². The lowest BCUT2D eigenvalue weighted by Crippen LogP contribution is -2.22. The van der Waals surface area contributed by atoms with Crippen LogP contribution in [0.5, 0.6) is 0 Å². The Labute approximate surface area is 64.9 Å². The van der Waals surface area contributed by atoms with Gasteiger partial charge in [0.2, 0.25) is 0 Å². The number of rotatable bonds is 6. The largest absolute Gasteiger partial charge is 0.480 e. The first kappa shape index (κ1) is 10.3. The van der Waals surface area contributed by atoms with E-state index in [1.807, 2.05) is 0 Å². The first-order valence-corrected chi connectivity index (χ1v) is 3.05. The number of hydrogen-bond donors (Lipinski definition) is 1. The molecule has 0 aliphatic rings. The number of carbonyl (C=O) groups is 1. The molecular formula is C6H12O5. The Kier molecular flexibility index (Phi) is 5.73. The summed E-state index contributed by atoms with van der Waals surface area (Å²) >= 11 is 0. The van der Waals surface area contributed by atoms with E-state index in [1.165, 1.54) is 14.2 Å². The van der Waals surface area contributed by atoms with Gasteiger partial charge in [0, 0.05) is 14.2 Å². The van der Waals surface area contributed by atoms with Crippen LogP contribution in [0, 0.1) is 0 Å². The molecular weight excluding hydrogens is 152 g/mol. The van der Waals surface area contributed by atoms with Gasteiger partial charge < -0.3 is 19.3 Å². The van der Waals surface area contributed by atoms with Crippen LogP contribution in [0.1, 0.15) is 0 Å². The van der Waals surface area contributed by atoms with Crippen LogP contribution in [0.25, 0.3) is 0 Å². The summed E-state index contributed by atoms with van der Waals surface area (Å²) in [5.41, 5.74) is 0. The zero-order chi connectivity index (χ0) is 8.69. The Morgan fingerprint density at radius 3 is 2.36 bits per heavy atom. The highest BCUT2D eigenvalue weighted by molar-refractivity contribution is 5.67. The number of carboxylic acids is 1. The van der Waals surface area contributed by atoms with Crippen LogP contribution < -0.4 is 0 Å².